The fraction of sp³-hybridized carbons (Fsp3) is 0.250. The number of hydrogen-bond donors (Lipinski definition) is 1. The maximum atomic E-state index is 11.4. The summed E-state index contributed by atoms with van der Waals surface area (Å²) in [7, 11) is -0.911. The number of nitrogens with one attached hydrogen (secondary N) is 1. The van der Waals surface area contributed by atoms with Crippen LogP contribution in [0.15, 0.2) is 24.3 Å². The number of nitrogens with zero attached hydrogens (tertiary/aromatic N) is 2. The molecule has 0 atom stereocenters. The minimum absolute atomic E-state index is 0.155. The second-order valence-corrected chi connectivity index (χ2v) is 5.08. The zero-order valence-corrected chi connectivity index (χ0v) is 9.56. The SMILES string of the molecule is CN(C)S(=O)(=O)Nc1cccc([N+](=O)[O-])c1. The third-order valence-corrected chi connectivity index (χ3v) is 3.24. The van der Waals surface area contributed by atoms with E-state index in [1.165, 1.54) is 32.3 Å². The minimum atomic E-state index is -3.63. The lowest BCUT2D eigenvalue weighted by atomic mass is 10.3. The van der Waals surface area contributed by atoms with Crippen molar-refractivity contribution in [3.05, 3.63) is 34.4 Å². The van der Waals surface area contributed by atoms with Gasteiger partial charge in [-0.25, -0.2) is 0 Å². The number of anilines is 1. The molecule has 0 aliphatic carbocycles. The topological polar surface area (TPSA) is 92.6 Å². The van der Waals surface area contributed by atoms with Gasteiger partial charge >= 0.3 is 10.2 Å². The van der Waals surface area contributed by atoms with Crippen LogP contribution in [0.25, 0.3) is 0 Å². The van der Waals surface area contributed by atoms with Crippen molar-refractivity contribution in [2.75, 3.05) is 18.8 Å². The molecule has 1 aromatic carbocycles. The number of non-ortho nitro benzene ring substituents is 1. The van der Waals surface area contributed by atoms with Gasteiger partial charge in [0.1, 0.15) is 0 Å². The molecular formula is C8H11N3O4S. The molecule has 0 radical (unpaired) electrons. The van der Waals surface area contributed by atoms with Gasteiger partial charge in [0.15, 0.2) is 0 Å². The molecule has 0 bridgehead atoms. The summed E-state index contributed by atoms with van der Waals surface area (Å²) in [6.45, 7) is 0. The van der Waals surface area contributed by atoms with E-state index in [0.29, 0.717) is 0 Å². The van der Waals surface area contributed by atoms with Crippen molar-refractivity contribution < 1.29 is 13.3 Å². The van der Waals surface area contributed by atoms with Gasteiger partial charge in [-0.05, 0) is 6.07 Å². The molecule has 16 heavy (non-hydrogen) atoms. The fourth-order valence-corrected chi connectivity index (χ4v) is 1.53. The van der Waals surface area contributed by atoms with E-state index < -0.39 is 15.1 Å². The molecule has 0 amide bonds. The molecule has 0 aliphatic heterocycles. The predicted octanol–water partition coefficient (Wildman–Crippen LogP) is 0.813. The third-order valence-electron chi connectivity index (χ3n) is 1.78. The van der Waals surface area contributed by atoms with Gasteiger partial charge in [0, 0.05) is 26.2 Å². The van der Waals surface area contributed by atoms with E-state index in [-0.39, 0.29) is 11.4 Å². The van der Waals surface area contributed by atoms with Crippen molar-refractivity contribution in [3.63, 3.8) is 0 Å². The molecule has 1 rings (SSSR count). The van der Waals surface area contributed by atoms with Gasteiger partial charge in [-0.3, -0.25) is 14.8 Å². The van der Waals surface area contributed by atoms with Gasteiger partial charge in [0.05, 0.1) is 10.6 Å². The molecule has 8 heteroatoms. The van der Waals surface area contributed by atoms with Gasteiger partial charge in [0.25, 0.3) is 5.69 Å². The Morgan fingerprint density at radius 3 is 2.50 bits per heavy atom. The maximum Gasteiger partial charge on any atom is 0.301 e. The van der Waals surface area contributed by atoms with Crippen LogP contribution in [0.4, 0.5) is 11.4 Å². The van der Waals surface area contributed by atoms with Crippen molar-refractivity contribution in [2.45, 2.75) is 0 Å². The standard InChI is InChI=1S/C8H11N3O4S/c1-10(2)16(14,15)9-7-4-3-5-8(6-7)11(12)13/h3-6,9H,1-2H3. The molecule has 0 fully saturated rings. The van der Waals surface area contributed by atoms with Crippen LogP contribution in [0.1, 0.15) is 0 Å². The van der Waals surface area contributed by atoms with Crippen LogP contribution in [-0.2, 0) is 10.2 Å². The summed E-state index contributed by atoms with van der Waals surface area (Å²) >= 11 is 0. The number of nitro benzene ring substituents is 1. The first kappa shape index (κ1) is 12.4. The van der Waals surface area contributed by atoms with Crippen molar-refractivity contribution in [1.82, 2.24) is 4.31 Å². The van der Waals surface area contributed by atoms with Crippen LogP contribution < -0.4 is 4.72 Å². The molecule has 0 aromatic heterocycles. The van der Waals surface area contributed by atoms with Crippen LogP contribution in [0, 0.1) is 10.1 Å². The van der Waals surface area contributed by atoms with Crippen LogP contribution in [0.2, 0.25) is 0 Å². The molecule has 1 N–H and O–H groups in total. The molecule has 0 unspecified atom stereocenters. The Labute approximate surface area is 93.0 Å². The van der Waals surface area contributed by atoms with E-state index in [2.05, 4.69) is 4.72 Å². The second-order valence-electron chi connectivity index (χ2n) is 3.20. The van der Waals surface area contributed by atoms with Gasteiger partial charge < -0.3 is 0 Å². The first-order valence-corrected chi connectivity index (χ1v) is 5.71. The summed E-state index contributed by atoms with van der Waals surface area (Å²) in [6, 6.07) is 5.29. The Morgan fingerprint density at radius 1 is 1.38 bits per heavy atom. The highest BCUT2D eigenvalue weighted by atomic mass is 32.2. The molecular weight excluding hydrogens is 234 g/mol. The zero-order chi connectivity index (χ0) is 12.3. The zero-order valence-electron chi connectivity index (χ0n) is 8.75. The highest BCUT2D eigenvalue weighted by Gasteiger charge is 2.14. The van der Waals surface area contributed by atoms with Crippen LogP contribution >= 0.6 is 0 Å². The monoisotopic (exact) mass is 245 g/mol. The smallest absolute Gasteiger partial charge is 0.271 e. The lowest BCUT2D eigenvalue weighted by Crippen LogP contribution is -2.28. The molecule has 0 saturated heterocycles. The molecule has 1 aromatic rings. The Hall–Kier alpha value is -1.67. The van der Waals surface area contributed by atoms with E-state index in [1.807, 2.05) is 0 Å². The molecule has 0 saturated carbocycles. The first-order valence-electron chi connectivity index (χ1n) is 4.27. The molecule has 7 nitrogen and oxygen atoms in total. The summed E-state index contributed by atoms with van der Waals surface area (Å²) in [5, 5.41) is 10.5. The van der Waals surface area contributed by atoms with Gasteiger partial charge in [-0.2, -0.15) is 12.7 Å². The number of rotatable bonds is 4. The van der Waals surface area contributed by atoms with Crippen LogP contribution in [-0.4, -0.2) is 31.7 Å². The summed E-state index contributed by atoms with van der Waals surface area (Å²) in [5.74, 6) is 0. The number of nitro groups is 1. The summed E-state index contributed by atoms with van der Waals surface area (Å²) < 4.78 is 26.0. The average Bonchev–Trinajstić information content (AvgIpc) is 2.17. The van der Waals surface area contributed by atoms with E-state index in [4.69, 9.17) is 0 Å². The molecule has 0 spiro atoms. The quantitative estimate of drug-likeness (QED) is 0.627. The van der Waals surface area contributed by atoms with E-state index in [1.54, 1.807) is 0 Å². The molecule has 88 valence electrons. The van der Waals surface area contributed by atoms with Crippen molar-refractivity contribution >= 4 is 21.6 Å². The normalized spacial score (nSPS) is 11.4. The van der Waals surface area contributed by atoms with E-state index in [9.17, 15) is 18.5 Å². The Bertz CT molecular complexity index is 498. The number of hydrogen-bond acceptors (Lipinski definition) is 4. The van der Waals surface area contributed by atoms with Crippen LogP contribution in [0.3, 0.4) is 0 Å². The van der Waals surface area contributed by atoms with Crippen molar-refractivity contribution in [1.29, 1.82) is 0 Å². The van der Waals surface area contributed by atoms with E-state index >= 15 is 0 Å². The lowest BCUT2D eigenvalue weighted by molar-refractivity contribution is -0.384. The van der Waals surface area contributed by atoms with Crippen molar-refractivity contribution in [3.8, 4) is 0 Å². The van der Waals surface area contributed by atoms with Crippen molar-refractivity contribution in [2.24, 2.45) is 0 Å². The molecule has 0 heterocycles. The lowest BCUT2D eigenvalue weighted by Gasteiger charge is -2.12. The summed E-state index contributed by atoms with van der Waals surface area (Å²) in [6.07, 6.45) is 0. The van der Waals surface area contributed by atoms with Crippen LogP contribution in [0.5, 0.6) is 0 Å². The summed E-state index contributed by atoms with van der Waals surface area (Å²) in [4.78, 5) is 9.88. The average molecular weight is 245 g/mol. The van der Waals surface area contributed by atoms with Gasteiger partial charge in [0.2, 0.25) is 0 Å². The maximum absolute atomic E-state index is 11.4. The molecule has 0 aliphatic rings. The first-order chi connectivity index (χ1) is 7.33. The highest BCUT2D eigenvalue weighted by Crippen LogP contribution is 2.18. The van der Waals surface area contributed by atoms with E-state index in [0.717, 1.165) is 10.4 Å². The third kappa shape index (κ3) is 2.91. The Kier molecular flexibility index (Phi) is 3.45. The second kappa shape index (κ2) is 4.45. The fourth-order valence-electron chi connectivity index (χ4n) is 0.923. The van der Waals surface area contributed by atoms with Gasteiger partial charge in [-0.1, -0.05) is 6.07 Å². The predicted molar refractivity (Wildman–Crippen MR) is 59.3 cm³/mol. The number of benzene rings is 1. The Balaban J connectivity index is 2.99. The summed E-state index contributed by atoms with van der Waals surface area (Å²) in [5.41, 5.74) is -0.0122. The van der Waals surface area contributed by atoms with Gasteiger partial charge in [-0.15, -0.1) is 0 Å². The largest absolute Gasteiger partial charge is 0.301 e. The minimum Gasteiger partial charge on any atom is -0.271 e. The Morgan fingerprint density at radius 2 is 2.00 bits per heavy atom. The highest BCUT2D eigenvalue weighted by molar-refractivity contribution is 7.90.